The second kappa shape index (κ2) is 8.52. The van der Waals surface area contributed by atoms with E-state index < -0.39 is 16.8 Å². The average molecular weight is 457 g/mol. The number of rotatable bonds is 5. The fraction of sp³-hybridized carbons (Fsp3) is 0.143. The first-order valence-corrected chi connectivity index (χ1v) is 10.8. The lowest BCUT2D eigenvalue weighted by atomic mass is 10.0. The topological polar surface area (TPSA) is 92.7 Å². The summed E-state index contributed by atoms with van der Waals surface area (Å²) in [4.78, 5) is 17.6. The third kappa shape index (κ3) is 4.47. The molecule has 0 saturated heterocycles. The fourth-order valence-electron chi connectivity index (χ4n) is 3.11. The van der Waals surface area contributed by atoms with Crippen LogP contribution in [0.1, 0.15) is 11.4 Å². The van der Waals surface area contributed by atoms with E-state index in [9.17, 15) is 8.60 Å². The SMILES string of the molecule is CNc1ncc2cc(-c3cc(F)cc(NS(=O)c4cc(Cl)cnc4C)c3)c(C)nc2n1. The molecule has 0 aliphatic carbocycles. The molecule has 4 rings (SSSR count). The maximum absolute atomic E-state index is 14.4. The summed E-state index contributed by atoms with van der Waals surface area (Å²) < 4.78 is 30.0. The normalized spacial score (nSPS) is 12.0. The van der Waals surface area contributed by atoms with Crippen molar-refractivity contribution in [2.24, 2.45) is 0 Å². The van der Waals surface area contributed by atoms with Crippen LogP contribution in [-0.2, 0) is 11.0 Å². The largest absolute Gasteiger partial charge is 0.357 e. The first-order chi connectivity index (χ1) is 14.8. The number of nitrogens with zero attached hydrogens (tertiary/aromatic N) is 4. The molecule has 2 N–H and O–H groups in total. The third-order valence-electron chi connectivity index (χ3n) is 4.61. The number of hydrogen-bond donors (Lipinski definition) is 2. The molecule has 158 valence electrons. The van der Waals surface area contributed by atoms with Crippen molar-refractivity contribution in [3.8, 4) is 11.1 Å². The Bertz CT molecular complexity index is 1330. The molecule has 7 nitrogen and oxygen atoms in total. The van der Waals surface area contributed by atoms with Gasteiger partial charge in [-0.2, -0.15) is 4.98 Å². The zero-order valence-corrected chi connectivity index (χ0v) is 18.5. The number of nitrogens with one attached hydrogen (secondary N) is 2. The smallest absolute Gasteiger partial charge is 0.224 e. The van der Waals surface area contributed by atoms with Crippen LogP contribution >= 0.6 is 11.6 Å². The van der Waals surface area contributed by atoms with E-state index in [-0.39, 0.29) is 0 Å². The molecule has 31 heavy (non-hydrogen) atoms. The van der Waals surface area contributed by atoms with E-state index in [4.69, 9.17) is 11.6 Å². The molecule has 0 amide bonds. The molecule has 0 spiro atoms. The van der Waals surface area contributed by atoms with Gasteiger partial charge in [-0.15, -0.1) is 0 Å². The zero-order valence-electron chi connectivity index (χ0n) is 16.9. The molecule has 3 aromatic heterocycles. The predicted octanol–water partition coefficient (Wildman–Crippen LogP) is 4.67. The molecule has 4 aromatic rings. The van der Waals surface area contributed by atoms with Crippen molar-refractivity contribution in [2.45, 2.75) is 18.7 Å². The minimum atomic E-state index is -1.67. The van der Waals surface area contributed by atoms with Crippen molar-refractivity contribution in [3.63, 3.8) is 0 Å². The average Bonchev–Trinajstić information content (AvgIpc) is 2.74. The lowest BCUT2D eigenvalue weighted by molar-refractivity contribution is 0.629. The van der Waals surface area contributed by atoms with Gasteiger partial charge in [0, 0.05) is 36.1 Å². The van der Waals surface area contributed by atoms with Crippen molar-refractivity contribution >= 4 is 45.3 Å². The molecule has 0 aliphatic heterocycles. The molecule has 0 aliphatic rings. The van der Waals surface area contributed by atoms with E-state index in [0.717, 1.165) is 10.9 Å². The van der Waals surface area contributed by atoms with Crippen LogP contribution in [0.2, 0.25) is 5.02 Å². The predicted molar refractivity (Wildman–Crippen MR) is 121 cm³/mol. The molecule has 0 fully saturated rings. The van der Waals surface area contributed by atoms with E-state index in [0.29, 0.717) is 44.2 Å². The van der Waals surface area contributed by atoms with Crippen molar-refractivity contribution in [3.05, 3.63) is 65.0 Å². The fourth-order valence-corrected chi connectivity index (χ4v) is 4.33. The van der Waals surface area contributed by atoms with Gasteiger partial charge in [0.25, 0.3) is 0 Å². The molecule has 0 saturated carbocycles. The molecule has 3 heterocycles. The highest BCUT2D eigenvalue weighted by atomic mass is 35.5. The Hall–Kier alpha value is -3.17. The van der Waals surface area contributed by atoms with Crippen LogP contribution in [0.5, 0.6) is 0 Å². The Morgan fingerprint density at radius 3 is 2.58 bits per heavy atom. The van der Waals surface area contributed by atoms with Crippen molar-refractivity contribution in [1.82, 2.24) is 19.9 Å². The lowest BCUT2D eigenvalue weighted by Crippen LogP contribution is -2.08. The second-order valence-corrected chi connectivity index (χ2v) is 8.43. The second-order valence-electron chi connectivity index (χ2n) is 6.81. The van der Waals surface area contributed by atoms with E-state index in [1.165, 1.54) is 18.3 Å². The summed E-state index contributed by atoms with van der Waals surface area (Å²) in [5.41, 5.74) is 3.46. The number of benzene rings is 1. The van der Waals surface area contributed by atoms with Gasteiger partial charge in [-0.05, 0) is 49.7 Å². The Morgan fingerprint density at radius 1 is 1.00 bits per heavy atom. The van der Waals surface area contributed by atoms with Gasteiger partial charge in [0.05, 0.1) is 21.3 Å². The summed E-state index contributed by atoms with van der Waals surface area (Å²) in [7, 11) is 0.0640. The van der Waals surface area contributed by atoms with Crippen LogP contribution in [0, 0.1) is 19.7 Å². The highest BCUT2D eigenvalue weighted by Crippen LogP contribution is 2.29. The Kier molecular flexibility index (Phi) is 5.79. The molecular formula is C21H18ClFN6OS. The zero-order chi connectivity index (χ0) is 22.1. The summed E-state index contributed by atoms with van der Waals surface area (Å²) in [5.74, 6) is -0.00288. The van der Waals surface area contributed by atoms with Gasteiger partial charge in [0.1, 0.15) is 5.82 Å². The summed E-state index contributed by atoms with van der Waals surface area (Å²) in [6.07, 6.45) is 3.14. The van der Waals surface area contributed by atoms with Gasteiger partial charge in [0.2, 0.25) is 5.95 Å². The molecule has 1 atom stereocenters. The highest BCUT2D eigenvalue weighted by molar-refractivity contribution is 7.86. The summed E-state index contributed by atoms with van der Waals surface area (Å²) in [6.45, 7) is 3.56. The van der Waals surface area contributed by atoms with E-state index in [1.807, 2.05) is 13.0 Å². The monoisotopic (exact) mass is 456 g/mol. The molecular weight excluding hydrogens is 439 g/mol. The van der Waals surface area contributed by atoms with Gasteiger partial charge < -0.3 is 10.0 Å². The number of aromatic nitrogens is 4. The first-order valence-electron chi connectivity index (χ1n) is 9.28. The number of hydrogen-bond acceptors (Lipinski definition) is 6. The quantitative estimate of drug-likeness (QED) is 0.453. The van der Waals surface area contributed by atoms with Gasteiger partial charge >= 0.3 is 0 Å². The Balaban J connectivity index is 1.72. The first kappa shape index (κ1) is 21.1. The summed E-state index contributed by atoms with van der Waals surface area (Å²) in [5, 5.41) is 3.97. The minimum Gasteiger partial charge on any atom is -0.357 e. The Morgan fingerprint density at radius 2 is 1.81 bits per heavy atom. The number of pyridine rings is 2. The van der Waals surface area contributed by atoms with Gasteiger partial charge in [-0.25, -0.2) is 18.6 Å². The van der Waals surface area contributed by atoms with Crippen molar-refractivity contribution < 1.29 is 8.60 Å². The molecule has 1 unspecified atom stereocenters. The maximum atomic E-state index is 14.4. The van der Waals surface area contributed by atoms with E-state index in [1.54, 1.807) is 32.3 Å². The van der Waals surface area contributed by atoms with E-state index in [2.05, 4.69) is 30.0 Å². The van der Waals surface area contributed by atoms with Crippen LogP contribution in [0.15, 0.2) is 47.6 Å². The van der Waals surface area contributed by atoms with Crippen LogP contribution < -0.4 is 10.0 Å². The molecule has 1 aromatic carbocycles. The number of halogens is 2. The lowest BCUT2D eigenvalue weighted by Gasteiger charge is -2.12. The van der Waals surface area contributed by atoms with Crippen molar-refractivity contribution in [2.75, 3.05) is 17.1 Å². The van der Waals surface area contributed by atoms with Gasteiger partial charge in [-0.1, -0.05) is 11.6 Å². The van der Waals surface area contributed by atoms with Crippen LogP contribution in [0.4, 0.5) is 16.0 Å². The van der Waals surface area contributed by atoms with Gasteiger partial charge in [-0.3, -0.25) is 4.98 Å². The van der Waals surface area contributed by atoms with Crippen molar-refractivity contribution in [1.29, 1.82) is 0 Å². The molecule has 10 heteroatoms. The highest BCUT2D eigenvalue weighted by Gasteiger charge is 2.13. The minimum absolute atomic E-state index is 0.356. The number of aryl methyl sites for hydroxylation is 2. The summed E-state index contributed by atoms with van der Waals surface area (Å²) >= 11 is 5.97. The third-order valence-corrected chi connectivity index (χ3v) is 6.05. The van der Waals surface area contributed by atoms with E-state index >= 15 is 0 Å². The maximum Gasteiger partial charge on any atom is 0.224 e. The van der Waals surface area contributed by atoms with Crippen LogP contribution in [-0.4, -0.2) is 31.2 Å². The van der Waals surface area contributed by atoms with Gasteiger partial charge in [0.15, 0.2) is 16.6 Å². The number of fused-ring (bicyclic) bond motifs is 1. The standard InChI is InChI=1S/C21H18ClFN6OS/c1-11-18(6-14-9-26-21(24-3)28-20(14)27-11)13-4-16(23)8-17(5-13)29-31(30)19-7-15(22)10-25-12(19)2/h4-10,29H,1-3H3,(H,24,26,27,28). The summed E-state index contributed by atoms with van der Waals surface area (Å²) in [6, 6.07) is 7.83. The van der Waals surface area contributed by atoms with Crippen LogP contribution in [0.3, 0.4) is 0 Å². The Labute approximate surface area is 185 Å². The van der Waals surface area contributed by atoms with Crippen LogP contribution in [0.25, 0.3) is 22.2 Å². The number of anilines is 2. The molecule has 0 bridgehead atoms. The molecule has 0 radical (unpaired) electrons.